The molecule has 0 radical (unpaired) electrons. The molecular formula is C34H27ClN2O8S. The molecule has 46 heavy (non-hydrogen) atoms. The van der Waals surface area contributed by atoms with Crippen LogP contribution in [-0.4, -0.2) is 33.4 Å². The number of hydrogen-bond donors (Lipinski definition) is 1. The average Bonchev–Trinajstić information content (AvgIpc) is 3.04. The summed E-state index contributed by atoms with van der Waals surface area (Å²) >= 11 is 5.89. The number of barbiturate groups is 1. The van der Waals surface area contributed by atoms with Crippen LogP contribution in [0.5, 0.6) is 17.2 Å². The zero-order chi connectivity index (χ0) is 32.8. The second kappa shape index (κ2) is 13.7. The quantitative estimate of drug-likeness (QED) is 0.0888. The Hall–Kier alpha value is -5.39. The third kappa shape index (κ3) is 7.12. The van der Waals surface area contributed by atoms with E-state index in [2.05, 4.69) is 11.9 Å². The van der Waals surface area contributed by atoms with E-state index in [1.54, 1.807) is 12.1 Å². The van der Waals surface area contributed by atoms with Crippen molar-refractivity contribution in [2.75, 3.05) is 12.0 Å². The van der Waals surface area contributed by atoms with Gasteiger partial charge in [0.05, 0.1) is 12.8 Å². The van der Waals surface area contributed by atoms with E-state index in [0.29, 0.717) is 28.5 Å². The van der Waals surface area contributed by atoms with Crippen molar-refractivity contribution < 1.29 is 36.5 Å². The van der Waals surface area contributed by atoms with Crippen molar-refractivity contribution in [1.82, 2.24) is 5.32 Å². The molecule has 1 fully saturated rings. The van der Waals surface area contributed by atoms with Crippen LogP contribution in [0.4, 0.5) is 10.5 Å². The maximum Gasteiger partial charge on any atom is 0.339 e. The van der Waals surface area contributed by atoms with Crippen molar-refractivity contribution in [3.63, 3.8) is 0 Å². The number of carbonyl (C=O) groups is 3. The molecule has 1 aliphatic rings. The summed E-state index contributed by atoms with van der Waals surface area (Å²) in [5.41, 5.74) is 1.51. The lowest BCUT2D eigenvalue weighted by Gasteiger charge is -2.26. The molecule has 0 aliphatic carbocycles. The number of nitrogens with zero attached hydrogens (tertiary/aromatic N) is 1. The molecule has 4 aromatic rings. The van der Waals surface area contributed by atoms with Crippen LogP contribution in [0.15, 0.2) is 114 Å². The van der Waals surface area contributed by atoms with Crippen LogP contribution in [0.1, 0.15) is 16.7 Å². The highest BCUT2D eigenvalue weighted by atomic mass is 35.5. The number of allylic oxidation sites excluding steroid dienone is 1. The van der Waals surface area contributed by atoms with Crippen molar-refractivity contribution >= 4 is 51.3 Å². The highest BCUT2D eigenvalue weighted by molar-refractivity contribution is 7.87. The minimum Gasteiger partial charge on any atom is -0.493 e. The topological polar surface area (TPSA) is 128 Å². The lowest BCUT2D eigenvalue weighted by molar-refractivity contribution is -0.122. The van der Waals surface area contributed by atoms with Gasteiger partial charge in [-0.05, 0) is 84.3 Å². The molecule has 5 rings (SSSR count). The number of amides is 4. The summed E-state index contributed by atoms with van der Waals surface area (Å²) in [4.78, 5) is 39.9. The third-order valence-corrected chi connectivity index (χ3v) is 8.28. The molecule has 12 heteroatoms. The number of carbonyl (C=O) groups excluding carboxylic acids is 3. The summed E-state index contributed by atoms with van der Waals surface area (Å²) in [6, 6.07) is 23.3. The number of hydrogen-bond acceptors (Lipinski definition) is 8. The second-order valence-electron chi connectivity index (χ2n) is 9.92. The first-order chi connectivity index (χ1) is 22.1. The van der Waals surface area contributed by atoms with Gasteiger partial charge in [-0.15, -0.1) is 6.58 Å². The van der Waals surface area contributed by atoms with E-state index >= 15 is 0 Å². The van der Waals surface area contributed by atoms with Gasteiger partial charge in [0.25, 0.3) is 11.8 Å². The van der Waals surface area contributed by atoms with Crippen LogP contribution >= 0.6 is 11.6 Å². The van der Waals surface area contributed by atoms with E-state index in [4.69, 9.17) is 25.3 Å². The highest BCUT2D eigenvalue weighted by Crippen LogP contribution is 2.37. The molecule has 0 saturated carbocycles. The molecule has 234 valence electrons. The van der Waals surface area contributed by atoms with E-state index in [0.717, 1.165) is 10.5 Å². The van der Waals surface area contributed by atoms with Crippen molar-refractivity contribution in [1.29, 1.82) is 0 Å². The summed E-state index contributed by atoms with van der Waals surface area (Å²) in [6.07, 6.45) is 2.96. The number of halogens is 1. The van der Waals surface area contributed by atoms with Gasteiger partial charge in [-0.25, -0.2) is 9.69 Å². The Bertz CT molecular complexity index is 1940. The van der Waals surface area contributed by atoms with E-state index in [1.165, 1.54) is 67.8 Å². The van der Waals surface area contributed by atoms with Gasteiger partial charge in [-0.1, -0.05) is 48.0 Å². The average molecular weight is 659 g/mol. The summed E-state index contributed by atoms with van der Waals surface area (Å²) in [7, 11) is -2.97. The molecule has 1 N–H and O–H groups in total. The Morgan fingerprint density at radius 2 is 1.63 bits per heavy atom. The first-order valence-corrected chi connectivity index (χ1v) is 15.6. The van der Waals surface area contributed by atoms with Crippen molar-refractivity contribution in [3.05, 3.63) is 131 Å². The normalized spacial score (nSPS) is 14.2. The second-order valence-corrected chi connectivity index (χ2v) is 11.9. The Kier molecular flexibility index (Phi) is 9.55. The third-order valence-electron chi connectivity index (χ3n) is 6.79. The van der Waals surface area contributed by atoms with Gasteiger partial charge < -0.3 is 13.7 Å². The van der Waals surface area contributed by atoms with Crippen LogP contribution in [-0.2, 0) is 32.7 Å². The van der Waals surface area contributed by atoms with Gasteiger partial charge in [0.15, 0.2) is 11.5 Å². The first kappa shape index (κ1) is 32.0. The van der Waals surface area contributed by atoms with E-state index in [9.17, 15) is 22.8 Å². The zero-order valence-electron chi connectivity index (χ0n) is 24.4. The predicted octanol–water partition coefficient (Wildman–Crippen LogP) is 6.09. The number of imide groups is 2. The molecule has 1 aliphatic heterocycles. The summed E-state index contributed by atoms with van der Waals surface area (Å²) in [5.74, 6) is -1.31. The van der Waals surface area contributed by atoms with Crippen molar-refractivity contribution in [2.45, 2.75) is 17.9 Å². The van der Waals surface area contributed by atoms with E-state index < -0.39 is 28.0 Å². The van der Waals surface area contributed by atoms with Gasteiger partial charge in [-0.2, -0.15) is 8.42 Å². The van der Waals surface area contributed by atoms with Gasteiger partial charge in [-0.3, -0.25) is 14.9 Å². The Balaban J connectivity index is 1.43. The van der Waals surface area contributed by atoms with Crippen LogP contribution in [0.3, 0.4) is 0 Å². The fourth-order valence-electron chi connectivity index (χ4n) is 4.57. The van der Waals surface area contributed by atoms with Crippen molar-refractivity contribution in [3.8, 4) is 17.2 Å². The van der Waals surface area contributed by atoms with Gasteiger partial charge >= 0.3 is 16.1 Å². The number of nitrogens with one attached hydrogen (secondary N) is 1. The molecular weight excluding hydrogens is 632 g/mol. The number of benzene rings is 4. The SMILES string of the molecule is C=CCc1cc(/C=C2\C(=O)NC(=O)N(c3ccc(OCc4ccccc4)cc3)C2=O)cc(OC)c1OS(=O)(=O)c1ccc(Cl)cc1. The van der Waals surface area contributed by atoms with Gasteiger partial charge in [0.1, 0.15) is 22.8 Å². The smallest absolute Gasteiger partial charge is 0.339 e. The summed E-state index contributed by atoms with van der Waals surface area (Å²) in [5, 5.41) is 2.54. The highest BCUT2D eigenvalue weighted by Gasteiger charge is 2.37. The molecule has 4 aromatic carbocycles. The number of ether oxygens (including phenoxy) is 2. The lowest BCUT2D eigenvalue weighted by atomic mass is 10.0. The van der Waals surface area contributed by atoms with E-state index in [-0.39, 0.29) is 34.1 Å². The molecule has 0 aromatic heterocycles. The number of methoxy groups -OCH3 is 1. The van der Waals surface area contributed by atoms with Crippen LogP contribution in [0.2, 0.25) is 5.02 Å². The minimum absolute atomic E-state index is 0.0198. The van der Waals surface area contributed by atoms with Gasteiger partial charge in [0, 0.05) is 10.6 Å². The van der Waals surface area contributed by atoms with Crippen LogP contribution in [0, 0.1) is 0 Å². The van der Waals surface area contributed by atoms with Crippen LogP contribution in [0.25, 0.3) is 6.08 Å². The van der Waals surface area contributed by atoms with Crippen LogP contribution < -0.4 is 23.9 Å². The molecule has 0 atom stereocenters. The monoisotopic (exact) mass is 658 g/mol. The first-order valence-electron chi connectivity index (χ1n) is 13.8. The number of rotatable bonds is 11. The molecule has 4 amide bonds. The fourth-order valence-corrected chi connectivity index (χ4v) is 5.67. The maximum atomic E-state index is 13.5. The minimum atomic E-state index is -4.29. The predicted molar refractivity (Wildman–Crippen MR) is 172 cm³/mol. The molecule has 0 unspecified atom stereocenters. The molecule has 1 saturated heterocycles. The Morgan fingerprint density at radius 3 is 2.28 bits per heavy atom. The molecule has 1 heterocycles. The molecule has 0 bridgehead atoms. The summed E-state index contributed by atoms with van der Waals surface area (Å²) in [6.45, 7) is 4.06. The standard InChI is InChI=1S/C34H27ClN2O8S/c1-3-7-24-18-23(20-30(43-2)31(24)45-46(41,42)28-16-10-25(35)11-17-28)19-29-32(38)36-34(40)37(33(29)39)26-12-14-27(15-13-26)44-21-22-8-5-4-6-9-22/h3-6,8-20H,1,7,21H2,2H3,(H,36,38,40)/b29-19+. The fraction of sp³-hybridized carbons (Fsp3) is 0.0882. The number of anilines is 1. The largest absolute Gasteiger partial charge is 0.493 e. The van der Waals surface area contributed by atoms with E-state index in [1.807, 2.05) is 30.3 Å². The Morgan fingerprint density at radius 1 is 0.935 bits per heavy atom. The zero-order valence-corrected chi connectivity index (χ0v) is 26.0. The van der Waals surface area contributed by atoms with Crippen molar-refractivity contribution in [2.24, 2.45) is 0 Å². The molecule has 10 nitrogen and oxygen atoms in total. The Labute approximate surface area is 270 Å². The summed E-state index contributed by atoms with van der Waals surface area (Å²) < 4.78 is 42.8. The maximum absolute atomic E-state index is 13.5. The van der Waals surface area contributed by atoms with Gasteiger partial charge in [0.2, 0.25) is 0 Å². The number of urea groups is 1. The molecule has 0 spiro atoms. The lowest BCUT2D eigenvalue weighted by Crippen LogP contribution is -2.54.